The lowest BCUT2D eigenvalue weighted by molar-refractivity contribution is -0.130. The van der Waals surface area contributed by atoms with E-state index < -0.39 is 0 Å². The zero-order chi connectivity index (χ0) is 18.8. The molecule has 1 fully saturated rings. The Balaban J connectivity index is 1.85. The van der Waals surface area contributed by atoms with Gasteiger partial charge in [0.25, 0.3) is 0 Å². The van der Waals surface area contributed by atoms with E-state index in [4.69, 9.17) is 4.74 Å². The molecule has 1 saturated heterocycles. The number of rotatable bonds is 7. The minimum Gasteiger partial charge on any atom is -0.493 e. The lowest BCUT2D eigenvalue weighted by Gasteiger charge is -2.27. The van der Waals surface area contributed by atoms with Crippen LogP contribution in [-0.2, 0) is 11.3 Å². The van der Waals surface area contributed by atoms with Crippen molar-refractivity contribution in [2.24, 2.45) is 4.99 Å². The Morgan fingerprint density at radius 1 is 1.23 bits per heavy atom. The van der Waals surface area contributed by atoms with E-state index in [2.05, 4.69) is 47.7 Å². The maximum Gasteiger partial charge on any atom is 0.241 e. The number of carbonyl (C=O) groups is 1. The number of likely N-dealkylation sites (tertiary alicyclic amines) is 1. The van der Waals surface area contributed by atoms with Crippen molar-refractivity contribution in [2.75, 3.05) is 33.3 Å². The first-order valence-electron chi connectivity index (χ1n) is 9.58. The van der Waals surface area contributed by atoms with Crippen molar-refractivity contribution in [3.05, 3.63) is 29.3 Å². The average molecular weight is 361 g/mol. The molecule has 26 heavy (non-hydrogen) atoms. The van der Waals surface area contributed by atoms with E-state index in [1.165, 1.54) is 12.0 Å². The number of piperidine rings is 1. The molecule has 0 spiro atoms. The van der Waals surface area contributed by atoms with Gasteiger partial charge < -0.3 is 20.3 Å². The van der Waals surface area contributed by atoms with E-state index in [-0.39, 0.29) is 12.5 Å². The minimum absolute atomic E-state index is 0.134. The van der Waals surface area contributed by atoms with Crippen LogP contribution in [0, 0.1) is 6.92 Å². The SMILES string of the molecule is CCCOc1cc(C)ccc1CNC(=NC)NCC(=O)N1CCCCC1. The molecule has 2 N–H and O–H groups in total. The molecular weight excluding hydrogens is 328 g/mol. The van der Waals surface area contributed by atoms with Crippen LogP contribution in [0.3, 0.4) is 0 Å². The standard InChI is InChI=1S/C20H32N4O2/c1-4-12-26-18-13-16(2)8-9-17(18)14-22-20(21-3)23-15-19(25)24-10-6-5-7-11-24/h8-9,13H,4-7,10-12,14-15H2,1-3H3,(H2,21,22,23). The molecule has 6 heteroatoms. The number of benzene rings is 1. The number of guanidine groups is 1. The number of nitrogens with zero attached hydrogens (tertiary/aromatic N) is 2. The summed E-state index contributed by atoms with van der Waals surface area (Å²) >= 11 is 0. The van der Waals surface area contributed by atoms with Crippen molar-refractivity contribution in [1.82, 2.24) is 15.5 Å². The highest BCUT2D eigenvalue weighted by atomic mass is 16.5. The normalized spacial score (nSPS) is 14.9. The van der Waals surface area contributed by atoms with E-state index in [9.17, 15) is 4.79 Å². The van der Waals surface area contributed by atoms with Gasteiger partial charge in [0, 0.05) is 32.2 Å². The quantitative estimate of drug-likeness (QED) is 0.579. The number of aliphatic imine (C=N–C) groups is 1. The Labute approximate surface area is 157 Å². The van der Waals surface area contributed by atoms with Crippen molar-refractivity contribution in [3.63, 3.8) is 0 Å². The van der Waals surface area contributed by atoms with Gasteiger partial charge in [0.1, 0.15) is 5.75 Å². The Morgan fingerprint density at radius 2 is 2.00 bits per heavy atom. The third kappa shape index (κ3) is 6.24. The maximum atomic E-state index is 12.3. The fourth-order valence-electron chi connectivity index (χ4n) is 2.97. The monoisotopic (exact) mass is 360 g/mol. The Bertz CT molecular complexity index is 610. The third-order valence-corrected chi connectivity index (χ3v) is 4.47. The molecule has 1 amide bonds. The first-order valence-corrected chi connectivity index (χ1v) is 9.58. The molecule has 0 aliphatic carbocycles. The summed E-state index contributed by atoms with van der Waals surface area (Å²) in [4.78, 5) is 18.4. The number of ether oxygens (including phenoxy) is 1. The van der Waals surface area contributed by atoms with Gasteiger partial charge in [-0.3, -0.25) is 9.79 Å². The van der Waals surface area contributed by atoms with Crippen LogP contribution in [0.15, 0.2) is 23.2 Å². The van der Waals surface area contributed by atoms with Gasteiger partial charge in [0.05, 0.1) is 13.2 Å². The zero-order valence-corrected chi connectivity index (χ0v) is 16.3. The summed E-state index contributed by atoms with van der Waals surface area (Å²) in [6, 6.07) is 6.20. The van der Waals surface area contributed by atoms with Crippen LogP contribution in [0.25, 0.3) is 0 Å². The largest absolute Gasteiger partial charge is 0.493 e. The van der Waals surface area contributed by atoms with Crippen LogP contribution < -0.4 is 15.4 Å². The molecule has 1 aromatic rings. The van der Waals surface area contributed by atoms with Crippen molar-refractivity contribution >= 4 is 11.9 Å². The molecule has 0 radical (unpaired) electrons. The number of amides is 1. The van der Waals surface area contributed by atoms with Crippen molar-refractivity contribution < 1.29 is 9.53 Å². The fraction of sp³-hybridized carbons (Fsp3) is 0.600. The average Bonchev–Trinajstić information content (AvgIpc) is 2.68. The van der Waals surface area contributed by atoms with Gasteiger partial charge in [-0.1, -0.05) is 19.1 Å². The number of aryl methyl sites for hydroxylation is 1. The molecular formula is C20H32N4O2. The highest BCUT2D eigenvalue weighted by Crippen LogP contribution is 2.20. The third-order valence-electron chi connectivity index (χ3n) is 4.47. The van der Waals surface area contributed by atoms with E-state index >= 15 is 0 Å². The second-order valence-corrected chi connectivity index (χ2v) is 6.68. The van der Waals surface area contributed by atoms with Crippen LogP contribution in [0.5, 0.6) is 5.75 Å². The van der Waals surface area contributed by atoms with E-state index in [0.717, 1.165) is 43.7 Å². The van der Waals surface area contributed by atoms with Gasteiger partial charge in [0.2, 0.25) is 5.91 Å². The van der Waals surface area contributed by atoms with Crippen LogP contribution in [0.2, 0.25) is 0 Å². The highest BCUT2D eigenvalue weighted by Gasteiger charge is 2.16. The number of carbonyl (C=O) groups excluding carboxylic acids is 1. The topological polar surface area (TPSA) is 66.0 Å². The van der Waals surface area contributed by atoms with Crippen LogP contribution in [0.1, 0.15) is 43.7 Å². The molecule has 1 aromatic carbocycles. The Morgan fingerprint density at radius 3 is 2.69 bits per heavy atom. The molecule has 2 rings (SSSR count). The van der Waals surface area contributed by atoms with Gasteiger partial charge in [-0.15, -0.1) is 0 Å². The van der Waals surface area contributed by atoms with Gasteiger partial charge >= 0.3 is 0 Å². The summed E-state index contributed by atoms with van der Waals surface area (Å²) in [6.45, 7) is 7.46. The number of hydrogen-bond acceptors (Lipinski definition) is 3. The summed E-state index contributed by atoms with van der Waals surface area (Å²) < 4.78 is 5.85. The van der Waals surface area contributed by atoms with Gasteiger partial charge in [-0.2, -0.15) is 0 Å². The zero-order valence-electron chi connectivity index (χ0n) is 16.3. The lowest BCUT2D eigenvalue weighted by atomic mass is 10.1. The number of nitrogens with one attached hydrogen (secondary N) is 2. The number of hydrogen-bond donors (Lipinski definition) is 2. The predicted octanol–water partition coefficient (Wildman–Crippen LogP) is 2.46. The van der Waals surface area contributed by atoms with Crippen LogP contribution in [0.4, 0.5) is 0 Å². The Hall–Kier alpha value is -2.24. The summed E-state index contributed by atoms with van der Waals surface area (Å²) in [5.41, 5.74) is 2.25. The fourth-order valence-corrected chi connectivity index (χ4v) is 2.97. The Kier molecular flexibility index (Phi) is 8.25. The molecule has 0 aromatic heterocycles. The van der Waals surface area contributed by atoms with Crippen molar-refractivity contribution in [3.8, 4) is 5.75 Å². The van der Waals surface area contributed by atoms with E-state index in [1.807, 2.05) is 4.90 Å². The minimum atomic E-state index is 0.134. The smallest absolute Gasteiger partial charge is 0.241 e. The first kappa shape index (κ1) is 20.1. The molecule has 6 nitrogen and oxygen atoms in total. The molecule has 1 aliphatic heterocycles. The van der Waals surface area contributed by atoms with Gasteiger partial charge in [-0.25, -0.2) is 0 Å². The molecule has 144 valence electrons. The molecule has 0 atom stereocenters. The van der Waals surface area contributed by atoms with Gasteiger partial charge in [-0.05, 0) is 44.2 Å². The van der Waals surface area contributed by atoms with Crippen LogP contribution >= 0.6 is 0 Å². The lowest BCUT2D eigenvalue weighted by Crippen LogP contribution is -2.45. The van der Waals surface area contributed by atoms with Crippen molar-refractivity contribution in [2.45, 2.75) is 46.1 Å². The van der Waals surface area contributed by atoms with Crippen LogP contribution in [-0.4, -0.2) is 50.1 Å². The summed E-state index contributed by atoms with van der Waals surface area (Å²) in [6.07, 6.45) is 4.40. The summed E-state index contributed by atoms with van der Waals surface area (Å²) in [5.74, 6) is 1.66. The first-order chi connectivity index (χ1) is 12.6. The molecule has 1 heterocycles. The maximum absolute atomic E-state index is 12.3. The predicted molar refractivity (Wildman–Crippen MR) is 106 cm³/mol. The van der Waals surface area contributed by atoms with Crippen molar-refractivity contribution in [1.29, 1.82) is 0 Å². The molecule has 0 unspecified atom stereocenters. The summed E-state index contributed by atoms with van der Waals surface area (Å²) in [7, 11) is 1.71. The van der Waals surface area contributed by atoms with E-state index in [1.54, 1.807) is 7.05 Å². The van der Waals surface area contributed by atoms with E-state index in [0.29, 0.717) is 19.1 Å². The molecule has 0 saturated carbocycles. The highest BCUT2D eigenvalue weighted by molar-refractivity contribution is 5.86. The molecule has 1 aliphatic rings. The summed E-state index contributed by atoms with van der Waals surface area (Å²) in [5, 5.41) is 6.39. The second-order valence-electron chi connectivity index (χ2n) is 6.68. The molecule has 0 bridgehead atoms. The second kappa shape index (κ2) is 10.7. The van der Waals surface area contributed by atoms with Gasteiger partial charge in [0.15, 0.2) is 5.96 Å².